The lowest BCUT2D eigenvalue weighted by Crippen LogP contribution is -2.65. The predicted molar refractivity (Wildman–Crippen MR) is 103 cm³/mol. The second kappa shape index (κ2) is 11.6. The Kier molecular flexibility index (Phi) is 9.83. The molecular formula is C18H33ClN2O8. The van der Waals surface area contributed by atoms with Gasteiger partial charge in [-0.1, -0.05) is 13.8 Å². The summed E-state index contributed by atoms with van der Waals surface area (Å²) in [5.74, 6) is 0.323. The Balaban J connectivity index is 2.14. The monoisotopic (exact) mass is 440 g/mol. The number of nitrogens with zero attached hydrogens (tertiary/aromatic N) is 1. The van der Waals surface area contributed by atoms with E-state index in [4.69, 9.17) is 25.8 Å². The van der Waals surface area contributed by atoms with Crippen LogP contribution in [0.1, 0.15) is 26.7 Å². The summed E-state index contributed by atoms with van der Waals surface area (Å²) in [6.07, 6.45) is -7.71. The van der Waals surface area contributed by atoms with Gasteiger partial charge in [-0.25, -0.2) is 4.79 Å². The molecule has 2 aliphatic rings. The molecule has 2 unspecified atom stereocenters. The van der Waals surface area contributed by atoms with Crippen LogP contribution in [0.3, 0.4) is 0 Å². The van der Waals surface area contributed by atoms with E-state index >= 15 is 0 Å². The minimum absolute atomic E-state index is 0.0675. The largest absolute Gasteiger partial charge is 0.387 e. The van der Waals surface area contributed by atoms with E-state index in [1.807, 2.05) is 13.8 Å². The van der Waals surface area contributed by atoms with E-state index in [0.29, 0.717) is 6.61 Å². The van der Waals surface area contributed by atoms with Crippen molar-refractivity contribution in [2.75, 3.05) is 32.2 Å². The van der Waals surface area contributed by atoms with Crippen molar-refractivity contribution in [3.63, 3.8) is 0 Å². The van der Waals surface area contributed by atoms with Gasteiger partial charge < -0.3 is 40.0 Å². The molecule has 5 N–H and O–H groups in total. The van der Waals surface area contributed by atoms with Crippen LogP contribution >= 0.6 is 11.6 Å². The lowest BCUT2D eigenvalue weighted by Gasteiger charge is -2.44. The molecule has 2 fully saturated rings. The molecule has 2 saturated heterocycles. The first kappa shape index (κ1) is 24.5. The molecule has 29 heavy (non-hydrogen) atoms. The highest BCUT2D eigenvalue weighted by atomic mass is 35.5. The first-order chi connectivity index (χ1) is 13.8. The number of halogens is 1. The van der Waals surface area contributed by atoms with Gasteiger partial charge in [0.15, 0.2) is 12.5 Å². The van der Waals surface area contributed by atoms with Gasteiger partial charge in [0, 0.05) is 19.0 Å². The molecule has 0 bridgehead atoms. The standard InChI is InChI=1S/C18H33ClN2O8/c1-10(2)9-28-17-14(24)12(22)13(23)15(29-17)16(25)21(18(26)20-6-5-19)8-11-4-3-7-27-11/h10-17,22-25H,3-9H2,1-2H3,(H,20,26)/t11?,12-,13-,14+,15-,16?,17-/m0/s1. The van der Waals surface area contributed by atoms with Gasteiger partial charge in [0.1, 0.15) is 24.4 Å². The highest BCUT2D eigenvalue weighted by molar-refractivity contribution is 6.18. The van der Waals surface area contributed by atoms with Crippen molar-refractivity contribution >= 4 is 17.6 Å². The molecule has 0 spiro atoms. The summed E-state index contributed by atoms with van der Waals surface area (Å²) in [5, 5.41) is 44.2. The fourth-order valence-corrected chi connectivity index (χ4v) is 3.39. The summed E-state index contributed by atoms with van der Waals surface area (Å²) in [5.41, 5.74) is 0. The summed E-state index contributed by atoms with van der Waals surface area (Å²) < 4.78 is 16.6. The van der Waals surface area contributed by atoms with E-state index < -0.39 is 43.0 Å². The third-order valence-electron chi connectivity index (χ3n) is 4.87. The Morgan fingerprint density at radius 3 is 2.59 bits per heavy atom. The molecular weight excluding hydrogens is 408 g/mol. The van der Waals surface area contributed by atoms with Gasteiger partial charge >= 0.3 is 6.03 Å². The lowest BCUT2D eigenvalue weighted by molar-refractivity contribution is -0.319. The van der Waals surface area contributed by atoms with Crippen LogP contribution in [-0.4, -0.2) is 107 Å². The lowest BCUT2D eigenvalue weighted by atomic mass is 9.97. The molecule has 0 radical (unpaired) electrons. The number of alkyl halides is 1. The van der Waals surface area contributed by atoms with Crippen LogP contribution in [0.25, 0.3) is 0 Å². The van der Waals surface area contributed by atoms with E-state index in [0.717, 1.165) is 17.7 Å². The second-order valence-corrected chi connectivity index (χ2v) is 8.17. The van der Waals surface area contributed by atoms with Crippen molar-refractivity contribution in [2.24, 2.45) is 5.92 Å². The zero-order chi connectivity index (χ0) is 21.6. The van der Waals surface area contributed by atoms with Crippen LogP contribution in [0.4, 0.5) is 4.79 Å². The van der Waals surface area contributed by atoms with Crippen LogP contribution < -0.4 is 5.32 Å². The Morgan fingerprint density at radius 2 is 2.00 bits per heavy atom. The summed E-state index contributed by atoms with van der Waals surface area (Å²) in [7, 11) is 0. The summed E-state index contributed by atoms with van der Waals surface area (Å²) in [6, 6.07) is -0.607. The Bertz CT molecular complexity index is 508. The van der Waals surface area contributed by atoms with E-state index in [-0.39, 0.29) is 37.6 Å². The number of ether oxygens (including phenoxy) is 3. The molecule has 2 heterocycles. The number of nitrogens with one attached hydrogen (secondary N) is 1. The van der Waals surface area contributed by atoms with Crippen molar-refractivity contribution in [3.8, 4) is 0 Å². The zero-order valence-corrected chi connectivity index (χ0v) is 17.6. The Labute approximate surface area is 175 Å². The predicted octanol–water partition coefficient (Wildman–Crippen LogP) is -0.786. The number of amides is 2. The molecule has 170 valence electrons. The average molecular weight is 441 g/mol. The molecule has 0 saturated carbocycles. The molecule has 0 aliphatic carbocycles. The minimum Gasteiger partial charge on any atom is -0.387 e. The maximum atomic E-state index is 12.6. The van der Waals surface area contributed by atoms with Crippen molar-refractivity contribution in [1.29, 1.82) is 0 Å². The highest BCUT2D eigenvalue weighted by Gasteiger charge is 2.49. The molecule has 2 amide bonds. The van der Waals surface area contributed by atoms with Crippen LogP contribution in [-0.2, 0) is 14.2 Å². The maximum absolute atomic E-state index is 12.6. The number of urea groups is 1. The van der Waals surface area contributed by atoms with Crippen molar-refractivity contribution in [3.05, 3.63) is 0 Å². The molecule has 7 atom stereocenters. The minimum atomic E-state index is -1.63. The number of hydrogen-bond acceptors (Lipinski definition) is 8. The SMILES string of the molecule is CC(C)CO[C@H]1O[C@H](C(O)N(CC2CCCO2)C(=O)NCCCl)[C@@H](O)[C@H](O)[C@H]1O. The highest BCUT2D eigenvalue weighted by Crippen LogP contribution is 2.27. The Morgan fingerprint density at radius 1 is 1.28 bits per heavy atom. The van der Waals surface area contributed by atoms with Gasteiger partial charge in [0.2, 0.25) is 0 Å². The number of aliphatic hydroxyl groups is 4. The summed E-state index contributed by atoms with van der Waals surface area (Å²) >= 11 is 5.62. The van der Waals surface area contributed by atoms with Gasteiger partial charge in [0.25, 0.3) is 0 Å². The van der Waals surface area contributed by atoms with Crippen molar-refractivity contribution < 1.29 is 39.4 Å². The fraction of sp³-hybridized carbons (Fsp3) is 0.944. The van der Waals surface area contributed by atoms with E-state index in [1.54, 1.807) is 0 Å². The number of carbonyl (C=O) groups excluding carboxylic acids is 1. The van der Waals surface area contributed by atoms with Gasteiger partial charge in [-0.15, -0.1) is 11.6 Å². The summed E-state index contributed by atoms with van der Waals surface area (Å²) in [6.45, 7) is 4.86. The van der Waals surface area contributed by atoms with E-state index in [2.05, 4.69) is 5.32 Å². The molecule has 2 rings (SSSR count). The quantitative estimate of drug-likeness (QED) is 0.232. The normalized spacial score (nSPS) is 33.7. The van der Waals surface area contributed by atoms with Crippen LogP contribution in [0, 0.1) is 5.92 Å². The molecule has 10 nitrogen and oxygen atoms in total. The van der Waals surface area contributed by atoms with Crippen molar-refractivity contribution in [2.45, 2.75) is 69.7 Å². The smallest absolute Gasteiger partial charge is 0.319 e. The Hall–Kier alpha value is -0.720. The zero-order valence-electron chi connectivity index (χ0n) is 16.8. The van der Waals surface area contributed by atoms with Crippen LogP contribution in [0.15, 0.2) is 0 Å². The number of hydrogen-bond donors (Lipinski definition) is 5. The van der Waals surface area contributed by atoms with Gasteiger partial charge in [0.05, 0.1) is 19.3 Å². The number of rotatable bonds is 9. The third kappa shape index (κ3) is 6.63. The second-order valence-electron chi connectivity index (χ2n) is 7.79. The molecule has 0 aromatic carbocycles. The van der Waals surface area contributed by atoms with Crippen molar-refractivity contribution in [1.82, 2.24) is 10.2 Å². The van der Waals surface area contributed by atoms with Crippen LogP contribution in [0.5, 0.6) is 0 Å². The molecule has 11 heteroatoms. The number of aliphatic hydroxyl groups excluding tert-OH is 4. The van der Waals surface area contributed by atoms with E-state index in [1.165, 1.54) is 0 Å². The first-order valence-electron chi connectivity index (χ1n) is 9.97. The molecule has 0 aromatic rings. The topological polar surface area (TPSA) is 141 Å². The molecule has 0 aromatic heterocycles. The fourth-order valence-electron chi connectivity index (χ4n) is 3.30. The maximum Gasteiger partial charge on any atom is 0.319 e. The van der Waals surface area contributed by atoms with Gasteiger partial charge in [-0.05, 0) is 18.8 Å². The molecule has 2 aliphatic heterocycles. The van der Waals surface area contributed by atoms with E-state index in [9.17, 15) is 25.2 Å². The average Bonchev–Trinajstić information content (AvgIpc) is 3.20. The third-order valence-corrected chi connectivity index (χ3v) is 5.06. The van der Waals surface area contributed by atoms with Gasteiger partial charge in [-0.3, -0.25) is 4.90 Å². The van der Waals surface area contributed by atoms with Crippen LogP contribution in [0.2, 0.25) is 0 Å². The van der Waals surface area contributed by atoms with Gasteiger partial charge in [-0.2, -0.15) is 0 Å². The first-order valence-corrected chi connectivity index (χ1v) is 10.5. The number of carbonyl (C=O) groups is 1. The summed E-state index contributed by atoms with van der Waals surface area (Å²) in [4.78, 5) is 13.7.